The summed E-state index contributed by atoms with van der Waals surface area (Å²) in [5.74, 6) is -0.103. The van der Waals surface area contributed by atoms with Crippen LogP contribution < -0.4 is 11.1 Å². The SMILES string of the molecule is COCCC(N)C(=O)NCCN(C)C(C)C. The van der Waals surface area contributed by atoms with Crippen LogP contribution in [0.2, 0.25) is 0 Å². The van der Waals surface area contributed by atoms with E-state index < -0.39 is 6.04 Å². The van der Waals surface area contributed by atoms with Gasteiger partial charge in [0.25, 0.3) is 0 Å². The molecular formula is C11H25N3O2. The largest absolute Gasteiger partial charge is 0.385 e. The normalized spacial score (nSPS) is 13.2. The lowest BCUT2D eigenvalue weighted by atomic mass is 10.2. The van der Waals surface area contributed by atoms with E-state index in [1.54, 1.807) is 7.11 Å². The van der Waals surface area contributed by atoms with E-state index in [4.69, 9.17) is 10.5 Å². The third-order valence-corrected chi connectivity index (χ3v) is 2.62. The predicted molar refractivity (Wildman–Crippen MR) is 65.2 cm³/mol. The van der Waals surface area contributed by atoms with Crippen LogP contribution in [-0.4, -0.2) is 56.7 Å². The van der Waals surface area contributed by atoms with Gasteiger partial charge in [0.2, 0.25) is 5.91 Å². The zero-order valence-corrected chi connectivity index (χ0v) is 10.8. The summed E-state index contributed by atoms with van der Waals surface area (Å²) in [4.78, 5) is 13.7. The topological polar surface area (TPSA) is 67.6 Å². The molecule has 0 fully saturated rings. The second-order valence-corrected chi connectivity index (χ2v) is 4.25. The van der Waals surface area contributed by atoms with E-state index in [0.29, 0.717) is 25.6 Å². The standard InChI is InChI=1S/C11H25N3O2/c1-9(2)14(3)7-6-13-11(15)10(12)5-8-16-4/h9-10H,5-8,12H2,1-4H3,(H,13,15). The molecule has 3 N–H and O–H groups in total. The monoisotopic (exact) mass is 231 g/mol. The molecule has 0 aliphatic rings. The van der Waals surface area contributed by atoms with Gasteiger partial charge in [0, 0.05) is 32.8 Å². The van der Waals surface area contributed by atoms with Crippen LogP contribution in [0, 0.1) is 0 Å². The van der Waals surface area contributed by atoms with Crippen LogP contribution in [-0.2, 0) is 9.53 Å². The Labute approximate surface area is 98.3 Å². The fraction of sp³-hybridized carbons (Fsp3) is 0.909. The molecule has 1 unspecified atom stereocenters. The van der Waals surface area contributed by atoms with E-state index >= 15 is 0 Å². The van der Waals surface area contributed by atoms with Crippen molar-refractivity contribution >= 4 is 5.91 Å². The molecule has 5 heteroatoms. The number of hydrogen-bond acceptors (Lipinski definition) is 4. The van der Waals surface area contributed by atoms with Crippen molar-refractivity contribution in [3.63, 3.8) is 0 Å². The highest BCUT2D eigenvalue weighted by Crippen LogP contribution is 1.92. The number of carbonyl (C=O) groups excluding carboxylic acids is 1. The minimum Gasteiger partial charge on any atom is -0.385 e. The molecule has 0 aromatic heterocycles. The summed E-state index contributed by atoms with van der Waals surface area (Å²) >= 11 is 0. The van der Waals surface area contributed by atoms with E-state index in [9.17, 15) is 4.79 Å². The fourth-order valence-corrected chi connectivity index (χ4v) is 1.12. The number of nitrogens with two attached hydrogens (primary N) is 1. The molecule has 0 aliphatic carbocycles. The first-order valence-electron chi connectivity index (χ1n) is 5.71. The third kappa shape index (κ3) is 6.76. The molecule has 1 amide bonds. The van der Waals surface area contributed by atoms with Gasteiger partial charge in [0.1, 0.15) is 0 Å². The van der Waals surface area contributed by atoms with Gasteiger partial charge in [-0.25, -0.2) is 0 Å². The van der Waals surface area contributed by atoms with Crippen LogP contribution in [0.3, 0.4) is 0 Å². The lowest BCUT2D eigenvalue weighted by Gasteiger charge is -2.21. The molecule has 0 rings (SSSR count). The molecule has 5 nitrogen and oxygen atoms in total. The molecular weight excluding hydrogens is 206 g/mol. The van der Waals surface area contributed by atoms with Gasteiger partial charge in [-0.2, -0.15) is 0 Å². The summed E-state index contributed by atoms with van der Waals surface area (Å²) in [5, 5.41) is 2.82. The second kappa shape index (κ2) is 8.50. The Morgan fingerprint density at radius 3 is 2.62 bits per heavy atom. The number of carbonyl (C=O) groups is 1. The number of rotatable bonds is 8. The Morgan fingerprint density at radius 2 is 2.12 bits per heavy atom. The van der Waals surface area contributed by atoms with Crippen molar-refractivity contribution in [2.75, 3.05) is 33.9 Å². The summed E-state index contributed by atoms with van der Waals surface area (Å²) < 4.78 is 4.87. The highest BCUT2D eigenvalue weighted by atomic mass is 16.5. The zero-order valence-electron chi connectivity index (χ0n) is 10.8. The number of likely N-dealkylation sites (N-methyl/N-ethyl adjacent to an activating group) is 1. The maximum atomic E-state index is 11.5. The van der Waals surface area contributed by atoms with Crippen molar-refractivity contribution < 1.29 is 9.53 Å². The molecule has 0 radical (unpaired) electrons. The van der Waals surface area contributed by atoms with Crippen molar-refractivity contribution in [1.82, 2.24) is 10.2 Å². The molecule has 0 saturated heterocycles. The van der Waals surface area contributed by atoms with Gasteiger partial charge in [-0.1, -0.05) is 0 Å². The Kier molecular flexibility index (Phi) is 8.15. The Bertz CT molecular complexity index is 198. The summed E-state index contributed by atoms with van der Waals surface area (Å²) in [6.07, 6.45) is 0.558. The van der Waals surface area contributed by atoms with Gasteiger partial charge in [0.15, 0.2) is 0 Å². The molecule has 0 aromatic carbocycles. The molecule has 0 saturated carbocycles. The predicted octanol–water partition coefficient (Wildman–Crippen LogP) is -0.193. The average Bonchev–Trinajstić information content (AvgIpc) is 2.25. The number of ether oxygens (including phenoxy) is 1. The second-order valence-electron chi connectivity index (χ2n) is 4.25. The number of nitrogens with zero attached hydrogens (tertiary/aromatic N) is 1. The van der Waals surface area contributed by atoms with Crippen molar-refractivity contribution in [3.05, 3.63) is 0 Å². The molecule has 1 atom stereocenters. The number of methoxy groups -OCH3 is 1. The van der Waals surface area contributed by atoms with E-state index in [2.05, 4.69) is 24.1 Å². The van der Waals surface area contributed by atoms with Gasteiger partial charge in [-0.3, -0.25) is 4.79 Å². The lowest BCUT2D eigenvalue weighted by Crippen LogP contribution is -2.44. The summed E-state index contributed by atoms with van der Waals surface area (Å²) in [6, 6.07) is 0.0170. The molecule has 0 aliphatic heterocycles. The average molecular weight is 231 g/mol. The van der Waals surface area contributed by atoms with Crippen molar-refractivity contribution in [3.8, 4) is 0 Å². The van der Waals surface area contributed by atoms with Gasteiger partial charge in [-0.15, -0.1) is 0 Å². The van der Waals surface area contributed by atoms with Gasteiger partial charge in [-0.05, 0) is 27.3 Å². The maximum absolute atomic E-state index is 11.5. The van der Waals surface area contributed by atoms with E-state index in [-0.39, 0.29) is 5.91 Å². The third-order valence-electron chi connectivity index (χ3n) is 2.62. The molecule has 0 aromatic rings. The van der Waals surface area contributed by atoms with Gasteiger partial charge < -0.3 is 20.7 Å². The van der Waals surface area contributed by atoms with E-state index in [1.165, 1.54) is 0 Å². The van der Waals surface area contributed by atoms with Crippen LogP contribution >= 0.6 is 0 Å². The highest BCUT2D eigenvalue weighted by Gasteiger charge is 2.12. The number of amides is 1. The molecule has 0 bridgehead atoms. The number of hydrogen-bond donors (Lipinski definition) is 2. The van der Waals surface area contributed by atoms with E-state index in [0.717, 1.165) is 6.54 Å². The Morgan fingerprint density at radius 1 is 1.50 bits per heavy atom. The van der Waals surface area contributed by atoms with Crippen molar-refractivity contribution in [2.24, 2.45) is 5.73 Å². The minimum absolute atomic E-state index is 0.103. The lowest BCUT2D eigenvalue weighted by molar-refractivity contribution is -0.122. The first kappa shape index (κ1) is 15.3. The summed E-state index contributed by atoms with van der Waals surface area (Å²) in [5.41, 5.74) is 5.67. The highest BCUT2D eigenvalue weighted by molar-refractivity contribution is 5.81. The Hall–Kier alpha value is -0.650. The van der Waals surface area contributed by atoms with Crippen LogP contribution in [0.1, 0.15) is 20.3 Å². The minimum atomic E-state index is -0.468. The van der Waals surface area contributed by atoms with Crippen LogP contribution in [0.25, 0.3) is 0 Å². The zero-order chi connectivity index (χ0) is 12.6. The molecule has 16 heavy (non-hydrogen) atoms. The van der Waals surface area contributed by atoms with E-state index in [1.807, 2.05) is 7.05 Å². The van der Waals surface area contributed by atoms with Crippen molar-refractivity contribution in [2.45, 2.75) is 32.4 Å². The molecule has 0 heterocycles. The first-order valence-corrected chi connectivity index (χ1v) is 5.71. The smallest absolute Gasteiger partial charge is 0.237 e. The van der Waals surface area contributed by atoms with Crippen LogP contribution in [0.4, 0.5) is 0 Å². The summed E-state index contributed by atoms with van der Waals surface area (Å²) in [7, 11) is 3.63. The quantitative estimate of drug-likeness (QED) is 0.607. The maximum Gasteiger partial charge on any atom is 0.237 e. The first-order chi connectivity index (χ1) is 7.49. The van der Waals surface area contributed by atoms with Crippen molar-refractivity contribution in [1.29, 1.82) is 0 Å². The summed E-state index contributed by atoms with van der Waals surface area (Å²) in [6.45, 7) is 6.22. The molecule has 96 valence electrons. The Balaban J connectivity index is 3.64. The van der Waals surface area contributed by atoms with Crippen LogP contribution in [0.15, 0.2) is 0 Å². The molecule has 0 spiro atoms. The number of nitrogens with one attached hydrogen (secondary N) is 1. The van der Waals surface area contributed by atoms with Gasteiger partial charge in [0.05, 0.1) is 6.04 Å². The fourth-order valence-electron chi connectivity index (χ4n) is 1.12. The van der Waals surface area contributed by atoms with Gasteiger partial charge >= 0.3 is 0 Å². The van der Waals surface area contributed by atoms with Crippen LogP contribution in [0.5, 0.6) is 0 Å².